The van der Waals surface area contributed by atoms with Gasteiger partial charge in [-0.15, -0.1) is 0 Å². The molecule has 0 unspecified atom stereocenters. The van der Waals surface area contributed by atoms with Crippen molar-refractivity contribution in [2.45, 2.75) is 0 Å². The molecule has 11 aromatic rings. The maximum atomic E-state index is 10.6. The minimum atomic E-state index is 0.593. The van der Waals surface area contributed by atoms with Crippen LogP contribution in [-0.2, 0) is 0 Å². The number of aromatic nitrogens is 3. The van der Waals surface area contributed by atoms with Gasteiger partial charge >= 0.3 is 0 Å². The van der Waals surface area contributed by atoms with Crippen molar-refractivity contribution in [1.29, 1.82) is 10.5 Å². The SMILES string of the molecule is N#Cc1ccc2c(c1)c1ccccc1n2-c1ccccc1-c1cc(-n2c3ccccc3c3c(-n4c5ccccc5c5ccccc54)cccc32)ccc1C#N. The van der Waals surface area contributed by atoms with Gasteiger partial charge in [-0.1, -0.05) is 97.1 Å². The Morgan fingerprint density at radius 1 is 0.345 bits per heavy atom. The van der Waals surface area contributed by atoms with E-state index in [1.165, 1.54) is 21.8 Å². The minimum Gasteiger partial charge on any atom is -0.309 e. The first kappa shape index (κ1) is 30.7. The molecule has 0 amide bonds. The maximum Gasteiger partial charge on any atom is 0.0998 e. The predicted octanol–water partition coefficient (Wildman–Crippen LogP) is 12.4. The molecule has 0 radical (unpaired) electrons. The minimum absolute atomic E-state index is 0.593. The largest absolute Gasteiger partial charge is 0.309 e. The molecule has 11 rings (SSSR count). The fourth-order valence-electron chi connectivity index (χ4n) is 8.84. The number of hydrogen-bond donors (Lipinski definition) is 0. The predicted molar refractivity (Wildman–Crippen MR) is 224 cm³/mol. The first-order valence-corrected chi connectivity index (χ1v) is 18.3. The third-order valence-corrected chi connectivity index (χ3v) is 11.1. The Balaban J connectivity index is 1.18. The van der Waals surface area contributed by atoms with Gasteiger partial charge in [0, 0.05) is 49.1 Å². The van der Waals surface area contributed by atoms with Crippen LogP contribution in [0.1, 0.15) is 11.1 Å². The third-order valence-electron chi connectivity index (χ3n) is 11.1. The van der Waals surface area contributed by atoms with Gasteiger partial charge in [0.15, 0.2) is 0 Å². The molecule has 0 aliphatic carbocycles. The molecule has 8 aromatic carbocycles. The summed E-state index contributed by atoms with van der Waals surface area (Å²) in [6.07, 6.45) is 0. The normalized spacial score (nSPS) is 11.6. The first-order chi connectivity index (χ1) is 27.2. The molecule has 0 aliphatic rings. The smallest absolute Gasteiger partial charge is 0.0998 e. The van der Waals surface area contributed by atoms with Crippen molar-refractivity contribution in [1.82, 2.24) is 13.7 Å². The topological polar surface area (TPSA) is 62.4 Å². The number of nitrogens with zero attached hydrogens (tertiary/aromatic N) is 5. The highest BCUT2D eigenvalue weighted by atomic mass is 15.0. The van der Waals surface area contributed by atoms with E-state index in [1.807, 2.05) is 48.5 Å². The monoisotopic (exact) mass is 699 g/mol. The molecule has 254 valence electrons. The number of para-hydroxylation sites is 5. The number of hydrogen-bond acceptors (Lipinski definition) is 2. The van der Waals surface area contributed by atoms with Gasteiger partial charge < -0.3 is 13.7 Å². The molecule has 5 heteroatoms. The van der Waals surface area contributed by atoms with E-state index in [1.54, 1.807) is 0 Å². The van der Waals surface area contributed by atoms with Gasteiger partial charge in [-0.25, -0.2) is 0 Å². The molecule has 55 heavy (non-hydrogen) atoms. The Morgan fingerprint density at radius 3 is 1.55 bits per heavy atom. The van der Waals surface area contributed by atoms with Crippen LogP contribution in [0, 0.1) is 22.7 Å². The lowest BCUT2D eigenvalue weighted by Gasteiger charge is -2.17. The summed E-state index contributed by atoms with van der Waals surface area (Å²) >= 11 is 0. The van der Waals surface area contributed by atoms with E-state index in [4.69, 9.17) is 0 Å². The van der Waals surface area contributed by atoms with Crippen molar-refractivity contribution < 1.29 is 0 Å². The van der Waals surface area contributed by atoms with Crippen LogP contribution >= 0.6 is 0 Å². The second-order valence-electron chi connectivity index (χ2n) is 13.9. The van der Waals surface area contributed by atoms with E-state index in [-0.39, 0.29) is 0 Å². The molecule has 3 aromatic heterocycles. The molecule has 0 saturated carbocycles. The van der Waals surface area contributed by atoms with Crippen molar-refractivity contribution in [3.8, 4) is 40.3 Å². The summed E-state index contributed by atoms with van der Waals surface area (Å²) in [5, 5.41) is 27.2. The summed E-state index contributed by atoms with van der Waals surface area (Å²) in [6, 6.07) is 65.9. The molecular weight excluding hydrogens is 671 g/mol. The highest BCUT2D eigenvalue weighted by Crippen LogP contribution is 2.42. The van der Waals surface area contributed by atoms with Crippen LogP contribution in [-0.4, -0.2) is 13.7 Å². The summed E-state index contributed by atoms with van der Waals surface area (Å²) in [5.41, 5.74) is 12.6. The molecule has 5 nitrogen and oxygen atoms in total. The fraction of sp³-hybridized carbons (Fsp3) is 0. The fourth-order valence-corrected chi connectivity index (χ4v) is 8.84. The zero-order chi connectivity index (χ0) is 36.6. The Kier molecular flexibility index (Phi) is 6.61. The molecule has 0 fully saturated rings. The van der Waals surface area contributed by atoms with Gasteiger partial charge in [-0.3, -0.25) is 0 Å². The van der Waals surface area contributed by atoms with Crippen molar-refractivity contribution in [2.75, 3.05) is 0 Å². The summed E-state index contributed by atoms with van der Waals surface area (Å²) in [6.45, 7) is 0. The summed E-state index contributed by atoms with van der Waals surface area (Å²) in [5.74, 6) is 0. The Labute approximate surface area is 316 Å². The van der Waals surface area contributed by atoms with Crippen molar-refractivity contribution in [3.05, 3.63) is 187 Å². The molecule has 0 spiro atoms. The third kappa shape index (κ3) is 4.39. The van der Waals surface area contributed by atoms with Crippen LogP contribution in [0.2, 0.25) is 0 Å². The number of nitriles is 2. The highest BCUT2D eigenvalue weighted by Gasteiger charge is 2.22. The standard InChI is InChI=1S/C50H29N5/c51-30-32-24-27-47-41(28-32)38-15-4-9-20-45(38)54(47)44-19-8-3-14-37(44)40-29-34(26-25-33(40)31-52)53-46-21-10-5-16-39(46)50-48(53)22-11-23-49(50)55-42-17-6-1-12-35(42)36-13-2-7-18-43(36)55/h1-29H. The average Bonchev–Trinajstić information content (AvgIpc) is 3.89. The van der Waals surface area contributed by atoms with Crippen LogP contribution < -0.4 is 0 Å². The molecule has 0 aliphatic heterocycles. The van der Waals surface area contributed by atoms with E-state index in [0.29, 0.717) is 11.1 Å². The number of benzene rings is 8. The Morgan fingerprint density at radius 2 is 0.873 bits per heavy atom. The molecular formula is C50H29N5. The molecule has 0 saturated heterocycles. The van der Waals surface area contributed by atoms with Crippen LogP contribution in [0.4, 0.5) is 0 Å². The van der Waals surface area contributed by atoms with Gasteiger partial charge in [-0.05, 0) is 78.9 Å². The lowest BCUT2D eigenvalue weighted by molar-refractivity contribution is 1.16. The van der Waals surface area contributed by atoms with E-state index >= 15 is 0 Å². The van der Waals surface area contributed by atoms with Crippen molar-refractivity contribution in [2.24, 2.45) is 0 Å². The van der Waals surface area contributed by atoms with Gasteiger partial charge in [0.05, 0.1) is 67.7 Å². The van der Waals surface area contributed by atoms with E-state index in [2.05, 4.69) is 153 Å². The Hall–Kier alpha value is -7.86. The second-order valence-corrected chi connectivity index (χ2v) is 13.9. The second kappa shape index (κ2) is 11.8. The van der Waals surface area contributed by atoms with Crippen LogP contribution in [0.15, 0.2) is 176 Å². The molecule has 0 atom stereocenters. The summed E-state index contributed by atoms with van der Waals surface area (Å²) in [7, 11) is 0. The van der Waals surface area contributed by atoms with E-state index in [9.17, 15) is 10.5 Å². The molecule has 3 heterocycles. The van der Waals surface area contributed by atoms with Gasteiger partial charge in [0.2, 0.25) is 0 Å². The lowest BCUT2D eigenvalue weighted by atomic mass is 9.97. The van der Waals surface area contributed by atoms with E-state index in [0.717, 1.165) is 71.8 Å². The Bertz CT molecular complexity index is 3420. The highest BCUT2D eigenvalue weighted by molar-refractivity contribution is 6.16. The van der Waals surface area contributed by atoms with Crippen LogP contribution in [0.25, 0.3) is 93.6 Å². The maximum absolute atomic E-state index is 10.6. The first-order valence-electron chi connectivity index (χ1n) is 18.3. The summed E-state index contributed by atoms with van der Waals surface area (Å²) in [4.78, 5) is 0. The van der Waals surface area contributed by atoms with Crippen LogP contribution in [0.3, 0.4) is 0 Å². The lowest BCUT2D eigenvalue weighted by Crippen LogP contribution is -2.00. The quantitative estimate of drug-likeness (QED) is 0.184. The molecule has 0 bridgehead atoms. The van der Waals surface area contributed by atoms with Crippen LogP contribution in [0.5, 0.6) is 0 Å². The number of fused-ring (bicyclic) bond motifs is 9. The zero-order valence-corrected chi connectivity index (χ0v) is 29.5. The zero-order valence-electron chi connectivity index (χ0n) is 29.5. The average molecular weight is 700 g/mol. The van der Waals surface area contributed by atoms with Gasteiger partial charge in [0.25, 0.3) is 0 Å². The molecule has 0 N–H and O–H groups in total. The van der Waals surface area contributed by atoms with E-state index < -0.39 is 0 Å². The summed E-state index contributed by atoms with van der Waals surface area (Å²) < 4.78 is 6.99. The van der Waals surface area contributed by atoms with Crippen molar-refractivity contribution >= 4 is 65.4 Å². The number of rotatable bonds is 4. The van der Waals surface area contributed by atoms with Gasteiger partial charge in [-0.2, -0.15) is 10.5 Å². The van der Waals surface area contributed by atoms with Gasteiger partial charge in [0.1, 0.15) is 0 Å². The van der Waals surface area contributed by atoms with Crippen molar-refractivity contribution in [3.63, 3.8) is 0 Å².